The van der Waals surface area contributed by atoms with Crippen molar-refractivity contribution in [2.24, 2.45) is 5.92 Å². The molecule has 0 spiro atoms. The number of aliphatic hydroxyl groups is 1. The standard InChI is InChI=1S/C15H26N4O2/c1-4-16-13-12(21-3)14(19-10-18-13)17-9-15(20)7-5-11(2)6-8-15/h10-11,20H,4-9H2,1-3H3,(H2,16,17,18,19). The lowest BCUT2D eigenvalue weighted by Gasteiger charge is -2.35. The van der Waals surface area contributed by atoms with Gasteiger partial charge in [0.05, 0.1) is 12.7 Å². The van der Waals surface area contributed by atoms with E-state index in [1.807, 2.05) is 6.92 Å². The molecule has 1 saturated carbocycles. The van der Waals surface area contributed by atoms with Crippen molar-refractivity contribution in [3.63, 3.8) is 0 Å². The molecule has 1 heterocycles. The van der Waals surface area contributed by atoms with Gasteiger partial charge in [0.1, 0.15) is 6.33 Å². The van der Waals surface area contributed by atoms with Crippen LogP contribution in [0.1, 0.15) is 39.5 Å². The Morgan fingerprint density at radius 2 is 1.90 bits per heavy atom. The van der Waals surface area contributed by atoms with E-state index >= 15 is 0 Å². The summed E-state index contributed by atoms with van der Waals surface area (Å²) in [7, 11) is 1.60. The summed E-state index contributed by atoms with van der Waals surface area (Å²) in [5, 5.41) is 17.0. The van der Waals surface area contributed by atoms with Gasteiger partial charge in [-0.1, -0.05) is 6.92 Å². The third kappa shape index (κ3) is 3.97. The Hall–Kier alpha value is -1.56. The van der Waals surface area contributed by atoms with E-state index in [0.717, 1.165) is 32.2 Å². The number of rotatable bonds is 6. The largest absolute Gasteiger partial charge is 0.490 e. The second kappa shape index (κ2) is 6.93. The molecule has 21 heavy (non-hydrogen) atoms. The van der Waals surface area contributed by atoms with Gasteiger partial charge in [-0.3, -0.25) is 0 Å². The Balaban J connectivity index is 2.04. The van der Waals surface area contributed by atoms with Crippen molar-refractivity contribution >= 4 is 11.6 Å². The van der Waals surface area contributed by atoms with Gasteiger partial charge >= 0.3 is 0 Å². The van der Waals surface area contributed by atoms with Gasteiger partial charge in [-0.2, -0.15) is 0 Å². The highest BCUT2D eigenvalue weighted by molar-refractivity contribution is 5.63. The molecule has 1 aromatic heterocycles. The average Bonchev–Trinajstić information content (AvgIpc) is 2.49. The molecule has 1 aliphatic rings. The Labute approximate surface area is 126 Å². The van der Waals surface area contributed by atoms with E-state index in [1.165, 1.54) is 6.33 Å². The highest BCUT2D eigenvalue weighted by Crippen LogP contribution is 2.33. The summed E-state index contributed by atoms with van der Waals surface area (Å²) in [6, 6.07) is 0. The third-order valence-electron chi connectivity index (χ3n) is 4.14. The zero-order valence-electron chi connectivity index (χ0n) is 13.1. The average molecular weight is 294 g/mol. The number of anilines is 2. The predicted octanol–water partition coefficient (Wildman–Crippen LogP) is 2.27. The first-order chi connectivity index (χ1) is 10.1. The number of nitrogens with one attached hydrogen (secondary N) is 2. The van der Waals surface area contributed by atoms with Crippen molar-refractivity contribution in [2.75, 3.05) is 30.8 Å². The van der Waals surface area contributed by atoms with Gasteiger partial charge in [0.15, 0.2) is 11.6 Å². The van der Waals surface area contributed by atoms with Crippen LogP contribution in [0.3, 0.4) is 0 Å². The molecule has 6 nitrogen and oxygen atoms in total. The maximum Gasteiger partial charge on any atom is 0.204 e. The molecule has 1 aromatic rings. The van der Waals surface area contributed by atoms with Gasteiger partial charge in [0, 0.05) is 13.1 Å². The number of hydrogen-bond donors (Lipinski definition) is 3. The van der Waals surface area contributed by atoms with Crippen LogP contribution in [0.15, 0.2) is 6.33 Å². The van der Waals surface area contributed by atoms with Crippen molar-refractivity contribution in [1.29, 1.82) is 0 Å². The zero-order valence-corrected chi connectivity index (χ0v) is 13.1. The smallest absolute Gasteiger partial charge is 0.204 e. The molecule has 0 amide bonds. The topological polar surface area (TPSA) is 79.3 Å². The molecule has 3 N–H and O–H groups in total. The highest BCUT2D eigenvalue weighted by atomic mass is 16.5. The molecule has 0 saturated heterocycles. The van der Waals surface area contributed by atoms with Crippen molar-refractivity contribution in [3.05, 3.63) is 6.33 Å². The van der Waals surface area contributed by atoms with Gasteiger partial charge in [-0.25, -0.2) is 9.97 Å². The van der Waals surface area contributed by atoms with Crippen LogP contribution in [-0.4, -0.2) is 40.9 Å². The first-order valence-electron chi connectivity index (χ1n) is 7.67. The summed E-state index contributed by atoms with van der Waals surface area (Å²) in [5.41, 5.74) is -0.652. The van der Waals surface area contributed by atoms with E-state index in [9.17, 15) is 5.11 Å². The molecule has 0 atom stereocenters. The lowest BCUT2D eigenvalue weighted by atomic mass is 9.79. The minimum Gasteiger partial charge on any atom is -0.490 e. The summed E-state index contributed by atoms with van der Waals surface area (Å²) < 4.78 is 5.39. The normalized spacial score (nSPS) is 25.4. The SMILES string of the molecule is CCNc1ncnc(NCC2(O)CCC(C)CC2)c1OC. The maximum absolute atomic E-state index is 10.6. The van der Waals surface area contributed by atoms with E-state index in [-0.39, 0.29) is 0 Å². The quantitative estimate of drug-likeness (QED) is 0.747. The van der Waals surface area contributed by atoms with Crippen molar-refractivity contribution in [2.45, 2.75) is 45.1 Å². The Kier molecular flexibility index (Phi) is 5.22. The molecule has 0 bridgehead atoms. The highest BCUT2D eigenvalue weighted by Gasteiger charge is 2.32. The van der Waals surface area contributed by atoms with Crippen LogP contribution >= 0.6 is 0 Å². The van der Waals surface area contributed by atoms with Crippen LogP contribution in [0, 0.1) is 5.92 Å². The molecule has 0 aromatic carbocycles. The lowest BCUT2D eigenvalue weighted by Crippen LogP contribution is -2.40. The van der Waals surface area contributed by atoms with Gasteiger partial charge in [-0.05, 0) is 38.5 Å². The second-order valence-corrected chi connectivity index (χ2v) is 5.89. The molecule has 1 aliphatic carbocycles. The third-order valence-corrected chi connectivity index (χ3v) is 4.14. The van der Waals surface area contributed by atoms with E-state index < -0.39 is 5.60 Å². The van der Waals surface area contributed by atoms with E-state index in [4.69, 9.17) is 4.74 Å². The summed E-state index contributed by atoms with van der Waals surface area (Å²) in [5.74, 6) is 2.59. The fraction of sp³-hybridized carbons (Fsp3) is 0.733. The minimum atomic E-state index is -0.652. The molecule has 0 unspecified atom stereocenters. The number of aromatic nitrogens is 2. The summed E-state index contributed by atoms with van der Waals surface area (Å²) in [4.78, 5) is 8.40. The molecule has 6 heteroatoms. The predicted molar refractivity (Wildman–Crippen MR) is 83.8 cm³/mol. The van der Waals surface area contributed by atoms with Crippen molar-refractivity contribution < 1.29 is 9.84 Å². The van der Waals surface area contributed by atoms with Crippen LogP contribution in [0.5, 0.6) is 5.75 Å². The molecule has 0 aliphatic heterocycles. The first kappa shape index (κ1) is 15.8. The van der Waals surface area contributed by atoms with Crippen LogP contribution in [-0.2, 0) is 0 Å². The Morgan fingerprint density at radius 1 is 1.29 bits per heavy atom. The zero-order chi connectivity index (χ0) is 15.3. The molecule has 0 radical (unpaired) electrons. The van der Waals surface area contributed by atoms with Crippen molar-refractivity contribution in [3.8, 4) is 5.75 Å². The van der Waals surface area contributed by atoms with Crippen molar-refractivity contribution in [1.82, 2.24) is 9.97 Å². The monoisotopic (exact) mass is 294 g/mol. The summed E-state index contributed by atoms with van der Waals surface area (Å²) in [6.07, 6.45) is 5.29. The molecule has 118 valence electrons. The molecule has 2 rings (SSSR count). The fourth-order valence-corrected chi connectivity index (χ4v) is 2.71. The fourth-order valence-electron chi connectivity index (χ4n) is 2.71. The second-order valence-electron chi connectivity index (χ2n) is 5.89. The first-order valence-corrected chi connectivity index (χ1v) is 7.67. The van der Waals surface area contributed by atoms with Crippen LogP contribution in [0.4, 0.5) is 11.6 Å². The van der Waals surface area contributed by atoms with Crippen LogP contribution in [0.25, 0.3) is 0 Å². The van der Waals surface area contributed by atoms with Crippen LogP contribution in [0.2, 0.25) is 0 Å². The Bertz CT molecular complexity index is 459. The van der Waals surface area contributed by atoms with Crippen LogP contribution < -0.4 is 15.4 Å². The molecular weight excluding hydrogens is 268 g/mol. The van der Waals surface area contributed by atoms with E-state index in [0.29, 0.717) is 29.8 Å². The number of methoxy groups -OCH3 is 1. The van der Waals surface area contributed by atoms with Gasteiger partial charge in [-0.15, -0.1) is 0 Å². The summed E-state index contributed by atoms with van der Waals surface area (Å²) >= 11 is 0. The Morgan fingerprint density at radius 3 is 2.48 bits per heavy atom. The minimum absolute atomic E-state index is 0.485. The van der Waals surface area contributed by atoms with E-state index in [2.05, 4.69) is 27.5 Å². The number of hydrogen-bond acceptors (Lipinski definition) is 6. The van der Waals surface area contributed by atoms with Gasteiger partial charge < -0.3 is 20.5 Å². The van der Waals surface area contributed by atoms with Gasteiger partial charge in [0.25, 0.3) is 0 Å². The van der Waals surface area contributed by atoms with E-state index in [1.54, 1.807) is 7.11 Å². The number of ether oxygens (including phenoxy) is 1. The maximum atomic E-state index is 10.6. The number of nitrogens with zero attached hydrogens (tertiary/aromatic N) is 2. The molecular formula is C15H26N4O2. The lowest BCUT2D eigenvalue weighted by molar-refractivity contribution is 0.00491. The molecule has 1 fully saturated rings. The summed E-state index contributed by atoms with van der Waals surface area (Å²) in [6.45, 7) is 5.48. The van der Waals surface area contributed by atoms with Gasteiger partial charge in [0.2, 0.25) is 5.75 Å².